The molecule has 2 fully saturated rings. The van der Waals surface area contributed by atoms with Crippen LogP contribution in [0.15, 0.2) is 46.7 Å². The molecule has 2 aromatic rings. The number of phenols is 1. The van der Waals surface area contributed by atoms with E-state index in [-0.39, 0.29) is 36.8 Å². The number of nitrogens with zero attached hydrogens (tertiary/aromatic N) is 3. The van der Waals surface area contributed by atoms with E-state index in [1.54, 1.807) is 32.4 Å². The zero-order chi connectivity index (χ0) is 28.6. The lowest BCUT2D eigenvalue weighted by Gasteiger charge is -2.40. The largest absolute Gasteiger partial charge is 0.504 e. The summed E-state index contributed by atoms with van der Waals surface area (Å²) >= 11 is 0. The molecule has 0 bridgehead atoms. The molecule has 2 unspecified atom stereocenters. The fourth-order valence-corrected chi connectivity index (χ4v) is 6.08. The summed E-state index contributed by atoms with van der Waals surface area (Å²) in [6.07, 6.45) is 13.6. The minimum Gasteiger partial charge on any atom is -0.504 e. The number of rotatable bonds is 9. The molecule has 9 nitrogen and oxygen atoms in total. The van der Waals surface area contributed by atoms with E-state index in [1.165, 1.54) is 12.1 Å². The highest BCUT2D eigenvalue weighted by Gasteiger charge is 2.48. The first kappa shape index (κ1) is 32.6. The van der Waals surface area contributed by atoms with E-state index in [9.17, 15) is 15.2 Å². The van der Waals surface area contributed by atoms with Crippen molar-refractivity contribution in [3.63, 3.8) is 0 Å². The van der Waals surface area contributed by atoms with Crippen molar-refractivity contribution in [3.05, 3.63) is 63.2 Å². The predicted octanol–water partition coefficient (Wildman–Crippen LogP) is 6.68. The van der Waals surface area contributed by atoms with Crippen molar-refractivity contribution in [3.8, 4) is 24.3 Å². The molecule has 0 spiro atoms. The van der Waals surface area contributed by atoms with Crippen LogP contribution in [0, 0.1) is 34.3 Å². The van der Waals surface area contributed by atoms with Gasteiger partial charge in [-0.2, -0.15) is 0 Å². The highest BCUT2D eigenvalue weighted by atomic mass is 31.0. The Morgan fingerprint density at radius 3 is 2.52 bits per heavy atom. The van der Waals surface area contributed by atoms with Crippen molar-refractivity contribution < 1.29 is 24.4 Å². The summed E-state index contributed by atoms with van der Waals surface area (Å²) in [5.74, 6) is 1.28. The average molecular weight is 570 g/mol. The standard InChI is InChI=1S/C27H34N3O6P.C2H2.CH4/c1-27-11-10-18(12-19(27)6-9-26(27)29-35-3)21-14-25(34-2)24(31)13-22(21)23(16-37)28-36-15-17-4-7-20(8-5-17)30(32)33;1-2;/h4-5,7-8,13-14,18-19,31H,6,9-12,15-16,37H2,1-3H3;1-2H;1H4/b28-23+,29-26+;;/t18?,19-,27-;;/m0../s1. The van der Waals surface area contributed by atoms with E-state index in [1.807, 2.05) is 6.07 Å². The van der Waals surface area contributed by atoms with Crippen molar-refractivity contribution in [2.75, 3.05) is 20.4 Å². The number of oxime groups is 2. The number of nitro groups is 1. The molecule has 10 heteroatoms. The molecular formula is C30H40N3O6P. The number of terminal acetylenes is 1. The van der Waals surface area contributed by atoms with Crippen LogP contribution in [0.25, 0.3) is 0 Å². The Morgan fingerprint density at radius 2 is 1.93 bits per heavy atom. The number of phenolic OH excluding ortho intramolecular Hbond substituents is 1. The molecule has 2 aliphatic carbocycles. The fraction of sp³-hybridized carbons (Fsp3) is 0.467. The van der Waals surface area contributed by atoms with E-state index in [2.05, 4.69) is 39.3 Å². The molecule has 4 rings (SSSR count). The van der Waals surface area contributed by atoms with Gasteiger partial charge in [0.05, 0.1) is 23.5 Å². The lowest BCUT2D eigenvalue weighted by atomic mass is 9.64. The van der Waals surface area contributed by atoms with Gasteiger partial charge in [0.2, 0.25) is 0 Å². The first-order valence-corrected chi connectivity index (χ1v) is 13.6. The summed E-state index contributed by atoms with van der Waals surface area (Å²) in [6, 6.07) is 9.85. The molecule has 0 heterocycles. The third-order valence-electron chi connectivity index (χ3n) is 7.92. The minimum atomic E-state index is -0.433. The van der Waals surface area contributed by atoms with Gasteiger partial charge in [-0.25, -0.2) is 0 Å². The summed E-state index contributed by atoms with van der Waals surface area (Å²) in [5.41, 5.74) is 4.65. The summed E-state index contributed by atoms with van der Waals surface area (Å²) in [7, 11) is 5.85. The summed E-state index contributed by atoms with van der Waals surface area (Å²) in [4.78, 5) is 21.2. The molecule has 2 aliphatic rings. The van der Waals surface area contributed by atoms with E-state index in [0.717, 1.165) is 54.5 Å². The number of nitro benzene ring substituents is 1. The monoisotopic (exact) mass is 569 g/mol. The lowest BCUT2D eigenvalue weighted by molar-refractivity contribution is -0.384. The first-order valence-electron chi connectivity index (χ1n) is 12.8. The third kappa shape index (κ3) is 6.92. The quantitative estimate of drug-likeness (QED) is 0.118. The third-order valence-corrected chi connectivity index (χ3v) is 8.31. The molecule has 4 atom stereocenters. The Kier molecular flexibility index (Phi) is 11.9. The van der Waals surface area contributed by atoms with Gasteiger partial charge >= 0.3 is 0 Å². The topological polar surface area (TPSA) is 116 Å². The second-order valence-corrected chi connectivity index (χ2v) is 10.3. The van der Waals surface area contributed by atoms with Crippen LogP contribution in [0.3, 0.4) is 0 Å². The van der Waals surface area contributed by atoms with Crippen LogP contribution in [-0.4, -0.2) is 41.8 Å². The van der Waals surface area contributed by atoms with E-state index in [0.29, 0.717) is 23.5 Å². The molecule has 0 aliphatic heterocycles. The molecule has 0 radical (unpaired) electrons. The Labute approximate surface area is 239 Å². The Hall–Kier alpha value is -3.63. The second-order valence-electron chi connectivity index (χ2n) is 9.90. The summed E-state index contributed by atoms with van der Waals surface area (Å²) < 4.78 is 5.46. The molecule has 40 heavy (non-hydrogen) atoms. The van der Waals surface area contributed by atoms with Gasteiger partial charge in [0.25, 0.3) is 5.69 Å². The van der Waals surface area contributed by atoms with E-state index >= 15 is 0 Å². The fourth-order valence-electron chi connectivity index (χ4n) is 5.79. The second kappa shape index (κ2) is 14.7. The van der Waals surface area contributed by atoms with Crippen molar-refractivity contribution in [1.82, 2.24) is 0 Å². The maximum Gasteiger partial charge on any atom is 0.269 e. The summed E-state index contributed by atoms with van der Waals surface area (Å²) in [6.45, 7) is 2.48. The predicted molar refractivity (Wildman–Crippen MR) is 162 cm³/mol. The van der Waals surface area contributed by atoms with Gasteiger partial charge in [-0.3, -0.25) is 10.1 Å². The van der Waals surface area contributed by atoms with Crippen LogP contribution in [0.2, 0.25) is 0 Å². The van der Waals surface area contributed by atoms with Gasteiger partial charge in [0, 0.05) is 29.3 Å². The van der Waals surface area contributed by atoms with Gasteiger partial charge < -0.3 is 19.5 Å². The maximum absolute atomic E-state index is 10.9. The number of ether oxygens (including phenoxy) is 1. The van der Waals surface area contributed by atoms with E-state index < -0.39 is 4.92 Å². The molecule has 0 saturated heterocycles. The van der Waals surface area contributed by atoms with Crippen LogP contribution in [0.5, 0.6) is 11.5 Å². The van der Waals surface area contributed by atoms with Gasteiger partial charge in [-0.15, -0.1) is 22.1 Å². The number of non-ortho nitro benzene ring substituents is 1. The normalized spacial score (nSPS) is 22.8. The van der Waals surface area contributed by atoms with Crippen molar-refractivity contribution in [2.24, 2.45) is 21.6 Å². The molecule has 1 N–H and O–H groups in total. The van der Waals surface area contributed by atoms with Crippen molar-refractivity contribution in [1.29, 1.82) is 0 Å². The zero-order valence-electron chi connectivity index (χ0n) is 22.6. The van der Waals surface area contributed by atoms with Crippen LogP contribution >= 0.6 is 9.24 Å². The molecule has 216 valence electrons. The molecular weight excluding hydrogens is 529 g/mol. The highest BCUT2D eigenvalue weighted by molar-refractivity contribution is 7.18. The van der Waals surface area contributed by atoms with Gasteiger partial charge in [0.15, 0.2) is 11.5 Å². The summed E-state index contributed by atoms with van der Waals surface area (Å²) in [5, 5.41) is 30.2. The number of fused-ring (bicyclic) bond motifs is 1. The SMILES string of the molecule is C.C#C.CO/N=C1\CC[C@H]2CC(c3cc(OC)c(O)cc3/C(CP)=N/OCc3ccc([N+](=O)[O-])cc3)CC[C@]12C. The van der Waals surface area contributed by atoms with Gasteiger partial charge in [-0.05, 0) is 79.3 Å². The zero-order valence-corrected chi connectivity index (χ0v) is 23.8. The number of aromatic hydroxyl groups is 1. The highest BCUT2D eigenvalue weighted by Crippen LogP contribution is 2.55. The van der Waals surface area contributed by atoms with Crippen LogP contribution in [0.4, 0.5) is 5.69 Å². The first-order chi connectivity index (χ1) is 18.8. The van der Waals surface area contributed by atoms with Crippen LogP contribution in [-0.2, 0) is 16.3 Å². The molecule has 2 aromatic carbocycles. The Morgan fingerprint density at radius 1 is 1.23 bits per heavy atom. The molecule has 0 amide bonds. The smallest absolute Gasteiger partial charge is 0.269 e. The number of methoxy groups -OCH3 is 1. The minimum absolute atomic E-state index is 0. The maximum atomic E-state index is 10.9. The Balaban J connectivity index is 0.00000183. The average Bonchev–Trinajstić information content (AvgIpc) is 3.27. The van der Waals surface area contributed by atoms with E-state index in [4.69, 9.17) is 14.4 Å². The van der Waals surface area contributed by atoms with Crippen LogP contribution in [0.1, 0.15) is 69.1 Å². The van der Waals surface area contributed by atoms with Crippen molar-refractivity contribution in [2.45, 2.75) is 59.0 Å². The lowest BCUT2D eigenvalue weighted by Crippen LogP contribution is -2.35. The number of hydrogen-bond acceptors (Lipinski definition) is 8. The number of hydrogen-bond donors (Lipinski definition) is 1. The molecule has 2 saturated carbocycles. The Bertz CT molecular complexity index is 1240. The van der Waals surface area contributed by atoms with Gasteiger partial charge in [0.1, 0.15) is 13.7 Å². The van der Waals surface area contributed by atoms with Crippen LogP contribution < -0.4 is 4.74 Å². The van der Waals surface area contributed by atoms with Crippen molar-refractivity contribution >= 4 is 26.4 Å². The number of benzene rings is 2. The molecule has 0 aromatic heterocycles. The van der Waals surface area contributed by atoms with Gasteiger partial charge in [-0.1, -0.05) is 24.7 Å².